The van der Waals surface area contributed by atoms with E-state index in [4.69, 9.17) is 4.42 Å². The van der Waals surface area contributed by atoms with Gasteiger partial charge in [-0.05, 0) is 36.8 Å². The molecule has 2 aromatic heterocycles. The van der Waals surface area contributed by atoms with E-state index in [9.17, 15) is 9.59 Å². The standard InChI is InChI=1S/C21H19N5O3/c1-15(16-7-9-18(10-8-16)25-12-11-22-14-25)23-19(27)13-26-21(28)29-20(24-26)17-5-3-2-4-6-17/h2-12,14-15H,13H2,1H3,(H,23,27)/t15-/m0/s1. The van der Waals surface area contributed by atoms with Gasteiger partial charge in [-0.1, -0.05) is 30.3 Å². The fraction of sp³-hybridized carbons (Fsp3) is 0.143. The van der Waals surface area contributed by atoms with E-state index >= 15 is 0 Å². The van der Waals surface area contributed by atoms with Crippen LogP contribution in [0.5, 0.6) is 0 Å². The van der Waals surface area contributed by atoms with Crippen LogP contribution in [-0.4, -0.2) is 25.2 Å². The zero-order valence-corrected chi connectivity index (χ0v) is 15.7. The number of benzene rings is 2. The van der Waals surface area contributed by atoms with Crippen molar-refractivity contribution in [1.29, 1.82) is 0 Å². The average Bonchev–Trinajstić information content (AvgIpc) is 3.39. The molecule has 2 aromatic carbocycles. The third kappa shape index (κ3) is 4.16. The fourth-order valence-electron chi connectivity index (χ4n) is 2.96. The smallest absolute Gasteiger partial charge is 0.388 e. The van der Waals surface area contributed by atoms with E-state index < -0.39 is 5.76 Å². The second-order valence-electron chi connectivity index (χ2n) is 6.55. The molecule has 0 aliphatic carbocycles. The highest BCUT2D eigenvalue weighted by molar-refractivity contribution is 5.76. The number of aromatic nitrogens is 4. The lowest BCUT2D eigenvalue weighted by atomic mass is 10.1. The molecular weight excluding hydrogens is 370 g/mol. The lowest BCUT2D eigenvalue weighted by Crippen LogP contribution is -2.33. The van der Waals surface area contributed by atoms with Crippen molar-refractivity contribution in [2.45, 2.75) is 19.5 Å². The summed E-state index contributed by atoms with van der Waals surface area (Å²) in [6, 6.07) is 16.6. The molecule has 0 radical (unpaired) electrons. The molecule has 8 nitrogen and oxygen atoms in total. The Morgan fingerprint density at radius 3 is 2.59 bits per heavy atom. The van der Waals surface area contributed by atoms with Crippen LogP contribution in [0.15, 0.2) is 82.5 Å². The van der Waals surface area contributed by atoms with E-state index in [-0.39, 0.29) is 24.4 Å². The summed E-state index contributed by atoms with van der Waals surface area (Å²) in [7, 11) is 0. The first kappa shape index (κ1) is 18.4. The molecule has 0 bridgehead atoms. The van der Waals surface area contributed by atoms with Crippen molar-refractivity contribution >= 4 is 5.91 Å². The number of carbonyl (C=O) groups is 1. The molecule has 0 saturated heterocycles. The molecule has 8 heteroatoms. The Balaban J connectivity index is 1.41. The molecule has 1 atom stereocenters. The maximum absolute atomic E-state index is 12.4. The summed E-state index contributed by atoms with van der Waals surface area (Å²) in [5.41, 5.74) is 2.60. The van der Waals surface area contributed by atoms with Crippen LogP contribution < -0.4 is 11.1 Å². The normalized spacial score (nSPS) is 11.9. The SMILES string of the molecule is C[C@H](NC(=O)Cn1nc(-c2ccccc2)oc1=O)c1ccc(-n2ccnc2)cc1. The number of carbonyl (C=O) groups excluding carboxylic acids is 1. The molecule has 0 unspecified atom stereocenters. The topological polar surface area (TPSA) is 95.0 Å². The molecular formula is C21H19N5O3. The van der Waals surface area contributed by atoms with Gasteiger partial charge in [0.2, 0.25) is 11.8 Å². The molecule has 0 saturated carbocycles. The van der Waals surface area contributed by atoms with Gasteiger partial charge in [-0.15, -0.1) is 5.10 Å². The largest absolute Gasteiger partial charge is 0.437 e. The van der Waals surface area contributed by atoms with Crippen molar-refractivity contribution in [3.05, 3.63) is 89.4 Å². The van der Waals surface area contributed by atoms with E-state index in [0.29, 0.717) is 5.56 Å². The van der Waals surface area contributed by atoms with Crippen molar-refractivity contribution < 1.29 is 9.21 Å². The zero-order chi connectivity index (χ0) is 20.2. The molecule has 1 amide bonds. The van der Waals surface area contributed by atoms with E-state index in [0.717, 1.165) is 15.9 Å². The van der Waals surface area contributed by atoms with Crippen LogP contribution in [0, 0.1) is 0 Å². The molecule has 0 fully saturated rings. The summed E-state index contributed by atoms with van der Waals surface area (Å²) in [4.78, 5) is 28.4. The van der Waals surface area contributed by atoms with Crippen molar-refractivity contribution in [3.8, 4) is 17.1 Å². The number of imidazole rings is 1. The monoisotopic (exact) mass is 389 g/mol. The molecule has 0 spiro atoms. The highest BCUT2D eigenvalue weighted by Gasteiger charge is 2.15. The van der Waals surface area contributed by atoms with Crippen molar-refractivity contribution in [2.24, 2.45) is 0 Å². The van der Waals surface area contributed by atoms with Gasteiger partial charge in [-0.2, -0.15) is 4.68 Å². The molecule has 4 rings (SSSR count). The quantitative estimate of drug-likeness (QED) is 0.547. The first-order valence-corrected chi connectivity index (χ1v) is 9.11. The fourth-order valence-corrected chi connectivity index (χ4v) is 2.96. The summed E-state index contributed by atoms with van der Waals surface area (Å²) in [5.74, 6) is -0.811. The predicted molar refractivity (Wildman–Crippen MR) is 106 cm³/mol. The third-order valence-corrected chi connectivity index (χ3v) is 4.49. The molecule has 0 aliphatic heterocycles. The zero-order valence-electron chi connectivity index (χ0n) is 15.7. The van der Waals surface area contributed by atoms with Crippen LogP contribution in [-0.2, 0) is 11.3 Å². The maximum atomic E-state index is 12.4. The summed E-state index contributed by atoms with van der Waals surface area (Å²) >= 11 is 0. The van der Waals surface area contributed by atoms with Gasteiger partial charge in [0.1, 0.15) is 6.54 Å². The van der Waals surface area contributed by atoms with Gasteiger partial charge in [0.15, 0.2) is 0 Å². The Labute approximate surface area is 166 Å². The van der Waals surface area contributed by atoms with Crippen LogP contribution in [0.4, 0.5) is 0 Å². The number of hydrogen-bond acceptors (Lipinski definition) is 5. The van der Waals surface area contributed by atoms with Gasteiger partial charge in [0, 0.05) is 23.6 Å². The Morgan fingerprint density at radius 2 is 1.90 bits per heavy atom. The van der Waals surface area contributed by atoms with Gasteiger partial charge in [0.25, 0.3) is 0 Å². The highest BCUT2D eigenvalue weighted by atomic mass is 16.4. The Morgan fingerprint density at radius 1 is 1.14 bits per heavy atom. The minimum absolute atomic E-state index is 0.187. The second kappa shape index (κ2) is 7.97. The van der Waals surface area contributed by atoms with Crippen LogP contribution in [0.2, 0.25) is 0 Å². The van der Waals surface area contributed by atoms with E-state index in [2.05, 4.69) is 15.4 Å². The van der Waals surface area contributed by atoms with E-state index in [1.807, 2.05) is 60.2 Å². The highest BCUT2D eigenvalue weighted by Crippen LogP contribution is 2.16. The van der Waals surface area contributed by atoms with Crippen molar-refractivity contribution in [1.82, 2.24) is 24.6 Å². The number of hydrogen-bond donors (Lipinski definition) is 1. The second-order valence-corrected chi connectivity index (χ2v) is 6.55. The molecule has 146 valence electrons. The van der Waals surface area contributed by atoms with Crippen molar-refractivity contribution in [2.75, 3.05) is 0 Å². The van der Waals surface area contributed by atoms with Crippen LogP contribution in [0.3, 0.4) is 0 Å². The Hall–Kier alpha value is -3.94. The van der Waals surface area contributed by atoms with Crippen LogP contribution in [0.25, 0.3) is 17.1 Å². The van der Waals surface area contributed by atoms with E-state index in [1.165, 1.54) is 0 Å². The lowest BCUT2D eigenvalue weighted by molar-refractivity contribution is -0.122. The Bertz CT molecular complexity index is 1150. The molecule has 2 heterocycles. The number of rotatable bonds is 6. The number of nitrogens with one attached hydrogen (secondary N) is 1. The number of nitrogens with zero attached hydrogens (tertiary/aromatic N) is 4. The summed E-state index contributed by atoms with van der Waals surface area (Å²) in [6.45, 7) is 1.66. The maximum Gasteiger partial charge on any atom is 0.437 e. The van der Waals surface area contributed by atoms with Gasteiger partial charge < -0.3 is 14.3 Å². The lowest BCUT2D eigenvalue weighted by Gasteiger charge is -2.14. The van der Waals surface area contributed by atoms with Crippen molar-refractivity contribution in [3.63, 3.8) is 0 Å². The van der Waals surface area contributed by atoms with Crippen LogP contribution in [0.1, 0.15) is 18.5 Å². The average molecular weight is 389 g/mol. The summed E-state index contributed by atoms with van der Waals surface area (Å²) in [6.07, 6.45) is 5.30. The summed E-state index contributed by atoms with van der Waals surface area (Å²) in [5, 5.41) is 6.98. The van der Waals surface area contributed by atoms with E-state index in [1.54, 1.807) is 24.7 Å². The Kier molecular flexibility index (Phi) is 5.07. The summed E-state index contributed by atoms with van der Waals surface area (Å²) < 4.78 is 8.07. The number of amides is 1. The predicted octanol–water partition coefficient (Wildman–Crippen LogP) is 2.57. The van der Waals surface area contributed by atoms with Gasteiger partial charge in [-0.25, -0.2) is 9.78 Å². The van der Waals surface area contributed by atoms with Gasteiger partial charge >= 0.3 is 5.76 Å². The first-order chi connectivity index (χ1) is 14.1. The third-order valence-electron chi connectivity index (χ3n) is 4.49. The minimum atomic E-state index is -0.670. The van der Waals surface area contributed by atoms with Gasteiger partial charge in [0.05, 0.1) is 12.4 Å². The molecule has 4 aromatic rings. The molecule has 29 heavy (non-hydrogen) atoms. The van der Waals surface area contributed by atoms with Crippen LogP contribution >= 0.6 is 0 Å². The molecule has 0 aliphatic rings. The first-order valence-electron chi connectivity index (χ1n) is 9.11. The van der Waals surface area contributed by atoms with Gasteiger partial charge in [-0.3, -0.25) is 4.79 Å². The molecule has 1 N–H and O–H groups in total. The minimum Gasteiger partial charge on any atom is -0.388 e.